The lowest BCUT2D eigenvalue weighted by Gasteiger charge is -2.38. The molecule has 3 fully saturated rings. The molecule has 4 heterocycles. The quantitative estimate of drug-likeness (QED) is 0.736. The molecule has 5 rings (SSSR count). The molecular formula is C23H32FN7O. The Morgan fingerprint density at radius 1 is 0.750 bits per heavy atom. The fourth-order valence-corrected chi connectivity index (χ4v) is 4.73. The van der Waals surface area contributed by atoms with Crippen LogP contribution in [0.2, 0.25) is 0 Å². The Labute approximate surface area is 188 Å². The molecule has 0 saturated carbocycles. The summed E-state index contributed by atoms with van der Waals surface area (Å²) in [4.78, 5) is 17.9. The number of piperidine rings is 1. The number of nitrogens with one attached hydrogen (secondary N) is 1. The number of nitrogens with zero attached hydrogens (tertiary/aromatic N) is 6. The van der Waals surface area contributed by atoms with Crippen molar-refractivity contribution in [2.75, 3.05) is 85.0 Å². The summed E-state index contributed by atoms with van der Waals surface area (Å²) < 4.78 is 15.8. The van der Waals surface area contributed by atoms with Gasteiger partial charge in [-0.25, -0.2) is 0 Å². The maximum Gasteiger partial charge on any atom is 0.229 e. The van der Waals surface area contributed by atoms with E-state index in [1.807, 2.05) is 23.1 Å². The second-order valence-electron chi connectivity index (χ2n) is 8.75. The lowest BCUT2D eigenvalue weighted by molar-refractivity contribution is 0.145. The highest BCUT2D eigenvalue weighted by Crippen LogP contribution is 2.31. The van der Waals surface area contributed by atoms with Crippen LogP contribution in [0.3, 0.4) is 0 Å². The van der Waals surface area contributed by atoms with Gasteiger partial charge in [-0.3, -0.25) is 0 Å². The Morgan fingerprint density at radius 2 is 1.31 bits per heavy atom. The number of halogens is 1. The van der Waals surface area contributed by atoms with E-state index in [1.165, 1.54) is 5.69 Å². The standard InChI is InChI=1S/C23H32FN7O/c24-20-21(29-12-8-25-9-13-29)26-23(31-10-6-19(32)7-11-31)27-22(20)30-16-14-28(15-17-30)18-4-2-1-3-5-18/h1-5,19,25,32H,6-17H2. The zero-order valence-corrected chi connectivity index (χ0v) is 18.5. The van der Waals surface area contributed by atoms with Crippen molar-refractivity contribution in [1.82, 2.24) is 15.3 Å². The lowest BCUT2D eigenvalue weighted by atomic mass is 10.1. The molecule has 0 amide bonds. The number of anilines is 4. The molecule has 9 heteroatoms. The van der Waals surface area contributed by atoms with Crippen molar-refractivity contribution in [3.8, 4) is 0 Å². The number of hydrogen-bond acceptors (Lipinski definition) is 8. The van der Waals surface area contributed by atoms with E-state index in [0.29, 0.717) is 56.6 Å². The van der Waals surface area contributed by atoms with E-state index < -0.39 is 0 Å². The van der Waals surface area contributed by atoms with Gasteiger partial charge in [0, 0.05) is 71.1 Å². The normalized spacial score (nSPS) is 20.7. The third kappa shape index (κ3) is 4.45. The van der Waals surface area contributed by atoms with Gasteiger partial charge in [-0.1, -0.05) is 18.2 Å². The van der Waals surface area contributed by atoms with Gasteiger partial charge in [-0.15, -0.1) is 0 Å². The molecular weight excluding hydrogens is 409 g/mol. The van der Waals surface area contributed by atoms with Crippen LogP contribution in [0.15, 0.2) is 30.3 Å². The maximum absolute atomic E-state index is 15.8. The summed E-state index contributed by atoms with van der Waals surface area (Å²) in [5.74, 6) is 1.07. The van der Waals surface area contributed by atoms with Gasteiger partial charge >= 0.3 is 0 Å². The van der Waals surface area contributed by atoms with Crippen molar-refractivity contribution >= 4 is 23.3 Å². The molecule has 0 unspecified atom stereocenters. The van der Waals surface area contributed by atoms with E-state index in [-0.39, 0.29) is 11.9 Å². The molecule has 3 saturated heterocycles. The van der Waals surface area contributed by atoms with E-state index in [0.717, 1.165) is 39.3 Å². The molecule has 2 aromatic rings. The van der Waals surface area contributed by atoms with E-state index in [2.05, 4.69) is 37.1 Å². The maximum atomic E-state index is 15.8. The second kappa shape index (κ2) is 9.46. The van der Waals surface area contributed by atoms with Crippen LogP contribution >= 0.6 is 0 Å². The molecule has 1 aromatic heterocycles. The zero-order valence-electron chi connectivity index (χ0n) is 18.5. The average Bonchev–Trinajstić information content (AvgIpc) is 2.86. The average molecular weight is 442 g/mol. The van der Waals surface area contributed by atoms with Gasteiger partial charge in [0.15, 0.2) is 11.6 Å². The van der Waals surface area contributed by atoms with Crippen LogP contribution < -0.4 is 24.9 Å². The number of hydrogen-bond donors (Lipinski definition) is 2. The highest BCUT2D eigenvalue weighted by molar-refractivity contribution is 5.59. The van der Waals surface area contributed by atoms with Crippen LogP contribution in [0.5, 0.6) is 0 Å². The predicted molar refractivity (Wildman–Crippen MR) is 125 cm³/mol. The van der Waals surface area contributed by atoms with Crippen molar-refractivity contribution in [2.24, 2.45) is 0 Å². The summed E-state index contributed by atoms with van der Waals surface area (Å²) in [7, 11) is 0. The molecule has 32 heavy (non-hydrogen) atoms. The van der Waals surface area contributed by atoms with Crippen molar-refractivity contribution in [3.63, 3.8) is 0 Å². The van der Waals surface area contributed by atoms with Gasteiger partial charge in [0.1, 0.15) is 0 Å². The monoisotopic (exact) mass is 441 g/mol. The fourth-order valence-electron chi connectivity index (χ4n) is 4.73. The third-order valence-corrected chi connectivity index (χ3v) is 6.67. The minimum absolute atomic E-state index is 0.273. The molecule has 2 N–H and O–H groups in total. The molecule has 172 valence electrons. The summed E-state index contributed by atoms with van der Waals surface area (Å²) in [5.41, 5.74) is 1.20. The first-order valence-corrected chi connectivity index (χ1v) is 11.7. The first kappa shape index (κ1) is 21.2. The first-order valence-electron chi connectivity index (χ1n) is 11.7. The molecule has 8 nitrogen and oxygen atoms in total. The van der Waals surface area contributed by atoms with Gasteiger partial charge in [0.2, 0.25) is 11.8 Å². The molecule has 3 aliphatic rings. The van der Waals surface area contributed by atoms with Crippen LogP contribution in [0.1, 0.15) is 12.8 Å². The van der Waals surface area contributed by atoms with Crippen molar-refractivity contribution in [2.45, 2.75) is 18.9 Å². The number of aromatic nitrogens is 2. The number of piperazine rings is 2. The SMILES string of the molecule is OC1CCN(c2nc(N3CCNCC3)c(F)c(N3CCN(c4ccccc4)CC3)n2)CC1. The van der Waals surface area contributed by atoms with Gasteiger partial charge in [0.05, 0.1) is 6.10 Å². The number of aliphatic hydroxyl groups excluding tert-OH is 1. The van der Waals surface area contributed by atoms with Crippen LogP contribution in [-0.2, 0) is 0 Å². The molecule has 1 aromatic carbocycles. The molecule has 0 spiro atoms. The number of benzene rings is 1. The predicted octanol–water partition coefficient (Wildman–Crippen LogP) is 1.31. The van der Waals surface area contributed by atoms with Crippen LogP contribution in [0.4, 0.5) is 27.7 Å². The summed E-state index contributed by atoms with van der Waals surface area (Å²) >= 11 is 0. The lowest BCUT2D eigenvalue weighted by Crippen LogP contribution is -2.48. The topological polar surface area (TPSA) is 71.0 Å². The van der Waals surface area contributed by atoms with Gasteiger partial charge in [-0.2, -0.15) is 14.4 Å². The highest BCUT2D eigenvalue weighted by Gasteiger charge is 2.29. The minimum atomic E-state index is -0.319. The second-order valence-corrected chi connectivity index (χ2v) is 8.75. The van der Waals surface area contributed by atoms with E-state index >= 15 is 4.39 Å². The number of rotatable bonds is 4. The Hall–Kier alpha value is -2.65. The molecule has 0 atom stereocenters. The Kier molecular flexibility index (Phi) is 6.27. The van der Waals surface area contributed by atoms with Gasteiger partial charge in [0.25, 0.3) is 0 Å². The first-order chi connectivity index (χ1) is 15.7. The Balaban J connectivity index is 1.41. The Bertz CT molecular complexity index is 893. The minimum Gasteiger partial charge on any atom is -0.393 e. The van der Waals surface area contributed by atoms with Gasteiger partial charge < -0.3 is 30.0 Å². The molecule has 0 bridgehead atoms. The number of para-hydroxylation sites is 1. The Morgan fingerprint density at radius 3 is 1.94 bits per heavy atom. The van der Waals surface area contributed by atoms with Gasteiger partial charge in [-0.05, 0) is 25.0 Å². The molecule has 0 radical (unpaired) electrons. The summed E-state index contributed by atoms with van der Waals surface area (Å²) in [5, 5.41) is 13.2. The summed E-state index contributed by atoms with van der Waals surface area (Å²) in [6.07, 6.45) is 1.11. The third-order valence-electron chi connectivity index (χ3n) is 6.67. The van der Waals surface area contributed by atoms with E-state index in [9.17, 15) is 5.11 Å². The van der Waals surface area contributed by atoms with Crippen LogP contribution in [-0.4, -0.2) is 86.6 Å². The summed E-state index contributed by atoms with van der Waals surface area (Å²) in [6.45, 7) is 7.54. The number of aliphatic hydroxyl groups is 1. The smallest absolute Gasteiger partial charge is 0.229 e. The molecule has 3 aliphatic heterocycles. The van der Waals surface area contributed by atoms with E-state index in [1.54, 1.807) is 0 Å². The van der Waals surface area contributed by atoms with E-state index in [4.69, 9.17) is 4.98 Å². The zero-order chi connectivity index (χ0) is 21.9. The largest absolute Gasteiger partial charge is 0.393 e. The fraction of sp³-hybridized carbons (Fsp3) is 0.565. The molecule has 0 aliphatic carbocycles. The highest BCUT2D eigenvalue weighted by atomic mass is 19.1. The van der Waals surface area contributed by atoms with Crippen LogP contribution in [0, 0.1) is 5.82 Å². The van der Waals surface area contributed by atoms with Crippen molar-refractivity contribution < 1.29 is 9.50 Å². The van der Waals surface area contributed by atoms with Crippen molar-refractivity contribution in [1.29, 1.82) is 0 Å². The van der Waals surface area contributed by atoms with Crippen LogP contribution in [0.25, 0.3) is 0 Å². The van der Waals surface area contributed by atoms with Crippen molar-refractivity contribution in [3.05, 3.63) is 36.1 Å². The summed E-state index contributed by atoms with van der Waals surface area (Å²) in [6, 6.07) is 10.4.